The second-order valence-corrected chi connectivity index (χ2v) is 8.37. The molecule has 0 spiro atoms. The molecule has 3 rings (SSSR count). The molecular weight excluding hydrogens is 318 g/mol. The van der Waals surface area contributed by atoms with Gasteiger partial charge in [0, 0.05) is 19.0 Å². The molecule has 23 heavy (non-hydrogen) atoms. The van der Waals surface area contributed by atoms with Crippen molar-refractivity contribution in [1.29, 1.82) is 0 Å². The highest BCUT2D eigenvalue weighted by Gasteiger charge is 2.55. The first kappa shape index (κ1) is 16.4. The predicted molar refractivity (Wildman–Crippen MR) is 84.9 cm³/mol. The Morgan fingerprint density at radius 3 is 2.39 bits per heavy atom. The minimum Gasteiger partial charge on any atom is -0.480 e. The van der Waals surface area contributed by atoms with E-state index in [1.165, 1.54) is 0 Å². The van der Waals surface area contributed by atoms with E-state index in [2.05, 4.69) is 0 Å². The smallest absolute Gasteiger partial charge is 0.329 e. The first-order valence-corrected chi connectivity index (χ1v) is 9.61. The molecular formula is C16H21NO5S. The van der Waals surface area contributed by atoms with Crippen LogP contribution in [0.1, 0.15) is 12.0 Å². The summed E-state index contributed by atoms with van der Waals surface area (Å²) < 4.78 is 29.3. The summed E-state index contributed by atoms with van der Waals surface area (Å²) in [5.74, 6) is -1.45. The van der Waals surface area contributed by atoms with Gasteiger partial charge in [0.2, 0.25) is 0 Å². The fourth-order valence-corrected chi connectivity index (χ4v) is 5.67. The van der Waals surface area contributed by atoms with Crippen molar-refractivity contribution in [3.63, 3.8) is 0 Å². The number of sulfone groups is 1. The van der Waals surface area contributed by atoms with Gasteiger partial charge in [0.05, 0.1) is 24.7 Å². The number of carbonyl (C=O) groups is 1. The Bertz CT molecular complexity index is 669. The molecule has 1 aromatic carbocycles. The molecule has 2 aliphatic heterocycles. The van der Waals surface area contributed by atoms with Crippen LogP contribution in [0, 0.1) is 5.92 Å². The lowest BCUT2D eigenvalue weighted by Gasteiger charge is -2.46. The molecule has 0 amide bonds. The minimum atomic E-state index is -3.18. The summed E-state index contributed by atoms with van der Waals surface area (Å²) in [4.78, 5) is 14.3. The molecule has 0 radical (unpaired) electrons. The first-order chi connectivity index (χ1) is 11.0. The van der Waals surface area contributed by atoms with Gasteiger partial charge in [-0.1, -0.05) is 30.3 Å². The van der Waals surface area contributed by atoms with E-state index in [4.69, 9.17) is 4.74 Å². The summed E-state index contributed by atoms with van der Waals surface area (Å²) in [6.45, 7) is 1.89. The van der Waals surface area contributed by atoms with Gasteiger partial charge >= 0.3 is 5.97 Å². The van der Waals surface area contributed by atoms with Crippen LogP contribution in [0.5, 0.6) is 0 Å². The predicted octanol–water partition coefficient (Wildman–Crippen LogP) is 0.733. The molecule has 2 atom stereocenters. The van der Waals surface area contributed by atoms with Crippen LogP contribution in [0.2, 0.25) is 0 Å². The Balaban J connectivity index is 2.12. The molecule has 2 heterocycles. The number of nitrogens with zero attached hydrogens (tertiary/aromatic N) is 1. The van der Waals surface area contributed by atoms with Gasteiger partial charge in [0.25, 0.3) is 0 Å². The molecule has 7 heteroatoms. The highest BCUT2D eigenvalue weighted by molar-refractivity contribution is 7.91. The number of benzene rings is 1. The van der Waals surface area contributed by atoms with Crippen LogP contribution in [0.25, 0.3) is 0 Å². The average molecular weight is 339 g/mol. The molecule has 1 N–H and O–H groups in total. The zero-order valence-electron chi connectivity index (χ0n) is 12.8. The molecule has 2 saturated heterocycles. The summed E-state index contributed by atoms with van der Waals surface area (Å²) in [6, 6.07) is 9.01. The molecule has 0 aromatic heterocycles. The van der Waals surface area contributed by atoms with Gasteiger partial charge in [0.1, 0.15) is 5.54 Å². The van der Waals surface area contributed by atoms with Crippen molar-refractivity contribution in [2.75, 3.05) is 37.8 Å². The monoisotopic (exact) mass is 339 g/mol. The van der Waals surface area contributed by atoms with Crippen molar-refractivity contribution in [2.45, 2.75) is 12.0 Å². The van der Waals surface area contributed by atoms with E-state index in [9.17, 15) is 18.3 Å². The quantitative estimate of drug-likeness (QED) is 0.871. The Morgan fingerprint density at radius 1 is 1.22 bits per heavy atom. The van der Waals surface area contributed by atoms with E-state index in [0.29, 0.717) is 38.3 Å². The summed E-state index contributed by atoms with van der Waals surface area (Å²) in [6.07, 6.45) is 0.376. The number of carboxylic acids is 1. The second kappa shape index (κ2) is 6.22. The second-order valence-electron chi connectivity index (χ2n) is 6.14. The number of ether oxygens (including phenoxy) is 1. The van der Waals surface area contributed by atoms with Gasteiger partial charge in [-0.2, -0.15) is 0 Å². The van der Waals surface area contributed by atoms with E-state index in [1.807, 2.05) is 11.0 Å². The van der Waals surface area contributed by atoms with Crippen molar-refractivity contribution < 1.29 is 23.1 Å². The van der Waals surface area contributed by atoms with Gasteiger partial charge in [-0.15, -0.1) is 0 Å². The Labute approximate surface area is 136 Å². The van der Waals surface area contributed by atoms with Crippen LogP contribution in [-0.2, 0) is 24.9 Å². The molecule has 2 aliphatic rings. The third kappa shape index (κ3) is 2.88. The minimum absolute atomic E-state index is 0.0594. The van der Waals surface area contributed by atoms with E-state index < -0.39 is 27.3 Å². The van der Waals surface area contributed by atoms with Crippen LogP contribution in [0.4, 0.5) is 0 Å². The fraction of sp³-hybridized carbons (Fsp3) is 0.562. The van der Waals surface area contributed by atoms with E-state index in [0.717, 1.165) is 0 Å². The summed E-state index contributed by atoms with van der Waals surface area (Å²) in [7, 11) is -3.18. The topological polar surface area (TPSA) is 83.9 Å². The third-order valence-corrected chi connectivity index (χ3v) is 6.64. The lowest BCUT2D eigenvalue weighted by Crippen LogP contribution is -2.60. The lowest BCUT2D eigenvalue weighted by molar-refractivity contribution is -0.161. The number of rotatable bonds is 4. The molecule has 1 aromatic rings. The van der Waals surface area contributed by atoms with Gasteiger partial charge in [0.15, 0.2) is 9.84 Å². The van der Waals surface area contributed by atoms with Crippen molar-refractivity contribution in [3.05, 3.63) is 35.9 Å². The van der Waals surface area contributed by atoms with Crippen molar-refractivity contribution in [3.8, 4) is 0 Å². The average Bonchev–Trinajstić information content (AvgIpc) is 2.90. The van der Waals surface area contributed by atoms with Crippen LogP contribution in [-0.4, -0.2) is 62.2 Å². The highest BCUT2D eigenvalue weighted by atomic mass is 32.2. The van der Waals surface area contributed by atoms with Crippen molar-refractivity contribution in [1.82, 2.24) is 4.90 Å². The molecule has 2 unspecified atom stereocenters. The molecule has 0 saturated carbocycles. The number of hydrogen-bond donors (Lipinski definition) is 1. The summed E-state index contributed by atoms with van der Waals surface area (Å²) in [5, 5.41) is 10.2. The highest BCUT2D eigenvalue weighted by Crippen LogP contribution is 2.42. The summed E-state index contributed by atoms with van der Waals surface area (Å²) in [5.41, 5.74) is -0.661. The zero-order valence-corrected chi connectivity index (χ0v) is 13.7. The van der Waals surface area contributed by atoms with Gasteiger partial charge < -0.3 is 9.84 Å². The van der Waals surface area contributed by atoms with Crippen molar-refractivity contribution in [2.24, 2.45) is 5.92 Å². The Kier molecular flexibility index (Phi) is 4.44. The van der Waals surface area contributed by atoms with E-state index >= 15 is 0 Å². The molecule has 0 aliphatic carbocycles. The van der Waals surface area contributed by atoms with Crippen LogP contribution < -0.4 is 0 Å². The maximum Gasteiger partial charge on any atom is 0.329 e. The largest absolute Gasteiger partial charge is 0.480 e. The number of hydrogen-bond acceptors (Lipinski definition) is 5. The molecule has 6 nitrogen and oxygen atoms in total. The SMILES string of the molecule is O=C(O)C(c1ccccc1)(C1CCS(=O)(=O)C1)N1CCOCC1. The van der Waals surface area contributed by atoms with E-state index in [-0.39, 0.29) is 11.5 Å². The standard InChI is InChI=1S/C16H21NO5S/c18-15(19)16(13-4-2-1-3-5-13,17-7-9-22-10-8-17)14-6-11-23(20,21)12-14/h1-5,14H,6-12H2,(H,18,19). The normalized spacial score (nSPS) is 27.4. The molecule has 126 valence electrons. The van der Waals surface area contributed by atoms with Crippen molar-refractivity contribution >= 4 is 15.8 Å². The number of carboxylic acid groups (broad SMARTS) is 1. The van der Waals surface area contributed by atoms with E-state index in [1.54, 1.807) is 24.3 Å². The molecule has 0 bridgehead atoms. The fourth-order valence-electron chi connectivity index (χ4n) is 3.84. The van der Waals surface area contributed by atoms with Crippen LogP contribution >= 0.6 is 0 Å². The number of aliphatic carboxylic acids is 1. The van der Waals surface area contributed by atoms with Crippen LogP contribution in [0.3, 0.4) is 0 Å². The van der Waals surface area contributed by atoms with Gasteiger partial charge in [-0.05, 0) is 12.0 Å². The maximum absolute atomic E-state index is 12.4. The number of morpholine rings is 1. The maximum atomic E-state index is 12.4. The van der Waals surface area contributed by atoms with Gasteiger partial charge in [-0.3, -0.25) is 4.90 Å². The van der Waals surface area contributed by atoms with Crippen LogP contribution in [0.15, 0.2) is 30.3 Å². The lowest BCUT2D eigenvalue weighted by atomic mass is 9.75. The zero-order chi connectivity index (χ0) is 16.5. The third-order valence-electron chi connectivity index (χ3n) is 4.87. The molecule has 2 fully saturated rings. The first-order valence-electron chi connectivity index (χ1n) is 7.79. The Hall–Kier alpha value is -1.44. The Morgan fingerprint density at radius 2 is 1.87 bits per heavy atom. The summed E-state index contributed by atoms with van der Waals surface area (Å²) >= 11 is 0. The van der Waals surface area contributed by atoms with Gasteiger partial charge in [-0.25, -0.2) is 13.2 Å².